The molecular weight excluding hydrogens is 508 g/mol. The third-order valence-electron chi connectivity index (χ3n) is 8.36. The van der Waals surface area contributed by atoms with Gasteiger partial charge in [0.15, 0.2) is 11.5 Å². The minimum Gasteiger partial charge on any atom is -0.486 e. The number of ether oxygens (including phenoxy) is 3. The van der Waals surface area contributed by atoms with Crippen LogP contribution in [-0.4, -0.2) is 106 Å². The summed E-state index contributed by atoms with van der Waals surface area (Å²) in [5.41, 5.74) is 0. The van der Waals surface area contributed by atoms with Crippen LogP contribution in [0, 0.1) is 5.92 Å². The number of fused-ring (bicyclic) bond motifs is 1. The number of hydrogen-bond donors (Lipinski definition) is 1. The van der Waals surface area contributed by atoms with Crippen molar-refractivity contribution in [3.63, 3.8) is 0 Å². The Hall–Kier alpha value is -2.08. The van der Waals surface area contributed by atoms with Crippen LogP contribution in [-0.2, 0) is 10.0 Å². The third kappa shape index (κ3) is 7.11. The van der Waals surface area contributed by atoms with Crippen molar-refractivity contribution in [2.24, 2.45) is 5.92 Å². The van der Waals surface area contributed by atoms with E-state index in [1.807, 2.05) is 0 Å². The highest BCUT2D eigenvalue weighted by molar-refractivity contribution is 7.89. The van der Waals surface area contributed by atoms with Crippen molar-refractivity contribution < 1.29 is 27.4 Å². The van der Waals surface area contributed by atoms with Gasteiger partial charge in [0.2, 0.25) is 15.8 Å². The number of nitrogens with zero attached hydrogens (tertiary/aromatic N) is 3. The lowest BCUT2D eigenvalue weighted by Gasteiger charge is -2.37. The molecule has 4 aliphatic rings. The molecule has 1 aromatic rings. The lowest BCUT2D eigenvalue weighted by molar-refractivity contribution is 0.138. The van der Waals surface area contributed by atoms with Gasteiger partial charge < -0.3 is 24.4 Å². The number of piperidine rings is 1. The van der Waals surface area contributed by atoms with E-state index >= 15 is 0 Å². The van der Waals surface area contributed by atoms with Gasteiger partial charge in [-0.1, -0.05) is 18.9 Å². The molecule has 3 aliphatic heterocycles. The van der Waals surface area contributed by atoms with Gasteiger partial charge >= 0.3 is 6.09 Å². The standard InChI is InChI=1S/C27H42N4O6S/c32-27(37-25-8-3-7-24-26(25)36-19-18-35-24)28-21-22-9-12-29(13-10-22)11-4-20-38(33,34)31-16-14-30(15-17-31)23-5-1-2-6-23/h3,7-8,22-23H,1-2,4-6,9-21H2,(H,28,32). The van der Waals surface area contributed by atoms with Crippen molar-refractivity contribution >= 4 is 16.1 Å². The molecule has 1 aliphatic carbocycles. The van der Waals surface area contributed by atoms with Gasteiger partial charge in [0.1, 0.15) is 13.2 Å². The Balaban J connectivity index is 0.960. The van der Waals surface area contributed by atoms with E-state index in [1.165, 1.54) is 25.7 Å². The largest absolute Gasteiger partial charge is 0.486 e. The van der Waals surface area contributed by atoms with Gasteiger partial charge in [-0.2, -0.15) is 4.31 Å². The highest BCUT2D eigenvalue weighted by Gasteiger charge is 2.31. The number of benzene rings is 1. The second-order valence-corrected chi connectivity index (χ2v) is 13.0. The van der Waals surface area contributed by atoms with Crippen LogP contribution in [0.1, 0.15) is 44.9 Å². The summed E-state index contributed by atoms with van der Waals surface area (Å²) >= 11 is 0. The molecule has 1 N–H and O–H groups in total. The van der Waals surface area contributed by atoms with Gasteiger partial charge in [-0.25, -0.2) is 13.2 Å². The number of carbonyl (C=O) groups excluding carboxylic acids is 1. The maximum atomic E-state index is 12.9. The number of amides is 1. The summed E-state index contributed by atoms with van der Waals surface area (Å²) < 4.78 is 44.1. The Morgan fingerprint density at radius 3 is 2.47 bits per heavy atom. The summed E-state index contributed by atoms with van der Waals surface area (Å²) in [4.78, 5) is 17.2. The fraction of sp³-hybridized carbons (Fsp3) is 0.741. The molecule has 3 fully saturated rings. The second-order valence-electron chi connectivity index (χ2n) is 10.9. The molecule has 0 spiro atoms. The highest BCUT2D eigenvalue weighted by atomic mass is 32.2. The van der Waals surface area contributed by atoms with Crippen LogP contribution in [0.3, 0.4) is 0 Å². The van der Waals surface area contributed by atoms with Crippen LogP contribution in [0.5, 0.6) is 17.2 Å². The highest BCUT2D eigenvalue weighted by Crippen LogP contribution is 2.39. The fourth-order valence-corrected chi connectivity index (χ4v) is 7.59. The average molecular weight is 551 g/mol. The number of carbonyl (C=O) groups is 1. The van der Waals surface area contributed by atoms with E-state index in [2.05, 4.69) is 15.1 Å². The molecule has 5 rings (SSSR count). The number of hydrogen-bond acceptors (Lipinski definition) is 8. The van der Waals surface area contributed by atoms with Crippen molar-refractivity contribution in [1.82, 2.24) is 19.4 Å². The summed E-state index contributed by atoms with van der Waals surface area (Å²) in [5.74, 6) is 2.02. The first kappa shape index (κ1) is 27.5. The molecule has 1 saturated carbocycles. The summed E-state index contributed by atoms with van der Waals surface area (Å²) in [5, 5.41) is 2.88. The van der Waals surface area contributed by atoms with Crippen molar-refractivity contribution in [3.8, 4) is 17.2 Å². The normalized spacial score (nSPS) is 22.4. The van der Waals surface area contributed by atoms with Crippen LogP contribution in [0.15, 0.2) is 18.2 Å². The summed E-state index contributed by atoms with van der Waals surface area (Å²) in [6.45, 7) is 7.10. The minimum absolute atomic E-state index is 0.224. The van der Waals surface area contributed by atoms with Gasteiger partial charge in [-0.15, -0.1) is 0 Å². The molecule has 2 saturated heterocycles. The molecule has 0 aromatic heterocycles. The Morgan fingerprint density at radius 2 is 1.71 bits per heavy atom. The smallest absolute Gasteiger partial charge is 0.412 e. The van der Waals surface area contributed by atoms with E-state index in [4.69, 9.17) is 14.2 Å². The average Bonchev–Trinajstić information content (AvgIpc) is 3.48. The number of nitrogens with one attached hydrogen (secondary N) is 1. The molecule has 212 valence electrons. The van der Waals surface area contributed by atoms with Crippen molar-refractivity contribution in [1.29, 1.82) is 0 Å². The van der Waals surface area contributed by atoms with E-state index in [9.17, 15) is 13.2 Å². The predicted octanol–water partition coefficient (Wildman–Crippen LogP) is 2.54. The molecule has 0 radical (unpaired) electrons. The van der Waals surface area contributed by atoms with Crippen LogP contribution < -0.4 is 19.5 Å². The fourth-order valence-electron chi connectivity index (χ4n) is 6.12. The Bertz CT molecular complexity index is 1030. The SMILES string of the molecule is O=C(NCC1CCN(CCCS(=O)(=O)N2CCN(C3CCCC3)CC2)CC1)Oc1cccc2c1OCCO2. The maximum Gasteiger partial charge on any atom is 0.412 e. The van der Waals surface area contributed by atoms with Gasteiger partial charge in [-0.3, -0.25) is 4.90 Å². The molecule has 0 unspecified atom stereocenters. The lowest BCUT2D eigenvalue weighted by atomic mass is 9.97. The summed E-state index contributed by atoms with van der Waals surface area (Å²) in [7, 11) is -3.19. The number of para-hydroxylation sites is 1. The molecule has 0 atom stereocenters. The van der Waals surface area contributed by atoms with Crippen LogP contribution >= 0.6 is 0 Å². The number of piperazine rings is 1. The predicted molar refractivity (Wildman–Crippen MR) is 144 cm³/mol. The number of sulfonamides is 1. The first-order chi connectivity index (χ1) is 18.5. The summed E-state index contributed by atoms with van der Waals surface area (Å²) in [6, 6.07) is 5.93. The van der Waals surface area contributed by atoms with Gasteiger partial charge in [-0.05, 0) is 69.8 Å². The van der Waals surface area contributed by atoms with E-state index in [0.717, 1.165) is 45.6 Å². The first-order valence-electron chi connectivity index (χ1n) is 14.3. The Morgan fingerprint density at radius 1 is 0.974 bits per heavy atom. The lowest BCUT2D eigenvalue weighted by Crippen LogP contribution is -2.51. The molecule has 1 amide bonds. The zero-order valence-corrected chi connectivity index (χ0v) is 23.1. The van der Waals surface area contributed by atoms with E-state index in [-0.39, 0.29) is 5.75 Å². The topological polar surface area (TPSA) is 101 Å². The van der Waals surface area contributed by atoms with Crippen molar-refractivity contribution in [2.45, 2.75) is 51.0 Å². The molecule has 1 aromatic carbocycles. The second kappa shape index (κ2) is 12.8. The molecule has 3 heterocycles. The maximum absolute atomic E-state index is 12.9. The van der Waals surface area contributed by atoms with Crippen LogP contribution in [0.4, 0.5) is 4.79 Å². The van der Waals surface area contributed by atoms with E-state index in [1.54, 1.807) is 22.5 Å². The Kier molecular flexibility index (Phi) is 9.29. The third-order valence-corrected chi connectivity index (χ3v) is 10.3. The molecule has 11 heteroatoms. The molecule has 10 nitrogen and oxygen atoms in total. The first-order valence-corrected chi connectivity index (χ1v) is 15.9. The molecule has 38 heavy (non-hydrogen) atoms. The number of rotatable bonds is 9. The van der Waals surface area contributed by atoms with Crippen molar-refractivity contribution in [3.05, 3.63) is 18.2 Å². The quantitative estimate of drug-likeness (QED) is 0.501. The monoisotopic (exact) mass is 550 g/mol. The molecular formula is C27H42N4O6S. The van der Waals surface area contributed by atoms with E-state index in [0.29, 0.717) is 68.5 Å². The zero-order valence-electron chi connectivity index (χ0n) is 22.3. The molecule has 0 bridgehead atoms. The van der Waals surface area contributed by atoms with E-state index < -0.39 is 16.1 Å². The summed E-state index contributed by atoms with van der Waals surface area (Å²) in [6.07, 6.45) is 7.25. The minimum atomic E-state index is -3.19. The van der Waals surface area contributed by atoms with Gasteiger partial charge in [0.05, 0.1) is 5.75 Å². The number of likely N-dealkylation sites (tertiary alicyclic amines) is 1. The van der Waals surface area contributed by atoms with Crippen LogP contribution in [0.25, 0.3) is 0 Å². The Labute approximate surface area is 226 Å². The zero-order chi connectivity index (χ0) is 26.4. The van der Waals surface area contributed by atoms with Crippen molar-refractivity contribution in [2.75, 3.05) is 71.3 Å². The van der Waals surface area contributed by atoms with Gasteiger partial charge in [0.25, 0.3) is 0 Å². The van der Waals surface area contributed by atoms with Crippen LogP contribution in [0.2, 0.25) is 0 Å². The van der Waals surface area contributed by atoms with Gasteiger partial charge in [0, 0.05) is 38.8 Å².